The number of para-hydroxylation sites is 2. The molecule has 4 aromatic rings. The number of hydrogen-bond donors (Lipinski definition) is 2. The molecule has 3 aromatic carbocycles. The predicted molar refractivity (Wildman–Crippen MR) is 138 cm³/mol. The zero-order chi connectivity index (χ0) is 25.4. The van der Waals surface area contributed by atoms with E-state index in [0.29, 0.717) is 33.4 Å². The van der Waals surface area contributed by atoms with E-state index in [4.69, 9.17) is 0 Å². The van der Waals surface area contributed by atoms with Gasteiger partial charge in [0.05, 0.1) is 22.8 Å². The Morgan fingerprint density at radius 2 is 1.58 bits per heavy atom. The van der Waals surface area contributed by atoms with Crippen molar-refractivity contribution in [3.05, 3.63) is 94.4 Å². The lowest BCUT2D eigenvalue weighted by Gasteiger charge is -2.29. The number of carbonyl (C=O) groups is 3. The molecule has 2 heterocycles. The fraction of sp³-hybridized carbons (Fsp3) is 0.148. The molecule has 9 nitrogen and oxygen atoms in total. The van der Waals surface area contributed by atoms with Crippen LogP contribution in [0.4, 0.5) is 17.1 Å². The van der Waals surface area contributed by atoms with Gasteiger partial charge in [0.2, 0.25) is 5.91 Å². The minimum Gasteiger partial charge on any atom is -0.323 e. The molecule has 9 heteroatoms. The molecule has 0 saturated carbocycles. The maximum atomic E-state index is 13.2. The van der Waals surface area contributed by atoms with Crippen molar-refractivity contribution in [2.24, 2.45) is 0 Å². The van der Waals surface area contributed by atoms with E-state index in [1.165, 1.54) is 9.58 Å². The number of carbonyl (C=O) groups excluding carboxylic acids is 3. The van der Waals surface area contributed by atoms with Crippen LogP contribution in [0.1, 0.15) is 40.7 Å². The Bertz CT molecular complexity index is 1570. The van der Waals surface area contributed by atoms with Crippen molar-refractivity contribution < 1.29 is 14.4 Å². The van der Waals surface area contributed by atoms with Gasteiger partial charge in [0.15, 0.2) is 5.69 Å². The van der Waals surface area contributed by atoms with Gasteiger partial charge in [-0.05, 0) is 56.3 Å². The minimum atomic E-state index is -0.471. The average molecular weight is 482 g/mol. The molecule has 1 aromatic heterocycles. The van der Waals surface area contributed by atoms with Gasteiger partial charge >= 0.3 is 0 Å². The summed E-state index contributed by atoms with van der Waals surface area (Å²) < 4.78 is 1.30. The first-order chi connectivity index (χ1) is 17.3. The van der Waals surface area contributed by atoms with Crippen LogP contribution in [0.25, 0.3) is 10.8 Å². The van der Waals surface area contributed by atoms with E-state index in [0.717, 1.165) is 0 Å². The number of fused-ring (bicyclic) bond motifs is 2. The van der Waals surface area contributed by atoms with Crippen LogP contribution in [0.3, 0.4) is 0 Å². The number of benzene rings is 3. The van der Waals surface area contributed by atoms with Gasteiger partial charge in [-0.1, -0.05) is 30.3 Å². The van der Waals surface area contributed by atoms with E-state index in [-0.39, 0.29) is 35.7 Å². The lowest BCUT2D eigenvalue weighted by atomic mass is 10.1. The van der Waals surface area contributed by atoms with Gasteiger partial charge in [-0.25, -0.2) is 4.68 Å². The van der Waals surface area contributed by atoms with E-state index < -0.39 is 5.91 Å². The first-order valence-electron chi connectivity index (χ1n) is 11.5. The molecular formula is C27H23N5O4. The second kappa shape index (κ2) is 9.10. The number of nitrogens with zero attached hydrogens (tertiary/aromatic N) is 3. The molecule has 0 spiro atoms. The van der Waals surface area contributed by atoms with Crippen molar-refractivity contribution in [2.45, 2.75) is 19.9 Å². The molecule has 0 aliphatic carbocycles. The molecule has 1 aliphatic rings. The number of nitrogens with one attached hydrogen (secondary N) is 2. The van der Waals surface area contributed by atoms with Crippen molar-refractivity contribution in [3.8, 4) is 0 Å². The summed E-state index contributed by atoms with van der Waals surface area (Å²) in [6.07, 6.45) is 0. The topological polar surface area (TPSA) is 113 Å². The summed E-state index contributed by atoms with van der Waals surface area (Å²) in [7, 11) is 0. The summed E-state index contributed by atoms with van der Waals surface area (Å²) >= 11 is 0. The van der Waals surface area contributed by atoms with Crippen molar-refractivity contribution in [3.63, 3.8) is 0 Å². The Labute approximate surface area is 206 Å². The zero-order valence-corrected chi connectivity index (χ0v) is 19.7. The Morgan fingerprint density at radius 3 is 2.31 bits per heavy atom. The molecule has 0 saturated heterocycles. The van der Waals surface area contributed by atoms with Crippen LogP contribution in [0, 0.1) is 0 Å². The molecule has 0 bridgehead atoms. The predicted octanol–water partition coefficient (Wildman–Crippen LogP) is 3.83. The quantitative estimate of drug-likeness (QED) is 0.460. The van der Waals surface area contributed by atoms with Crippen molar-refractivity contribution in [2.75, 3.05) is 22.1 Å². The fourth-order valence-electron chi connectivity index (χ4n) is 4.18. The standard InChI is InChI=1S/C27H23N5O4/c1-16(2)32-27(36)20-8-4-3-7-19(20)24(30-32)25(34)28-18-13-11-17(12-14-18)26(35)31-15-23(33)29-21-9-5-6-10-22(21)31/h3-14,16H,15H2,1-2H3,(H,28,34)(H,29,33). The molecule has 1 aliphatic heterocycles. The largest absolute Gasteiger partial charge is 0.323 e. The second-order valence-corrected chi connectivity index (χ2v) is 8.73. The molecular weight excluding hydrogens is 458 g/mol. The van der Waals surface area contributed by atoms with E-state index in [9.17, 15) is 19.2 Å². The fourth-order valence-corrected chi connectivity index (χ4v) is 4.18. The monoisotopic (exact) mass is 481 g/mol. The van der Waals surface area contributed by atoms with Gasteiger partial charge in [-0.15, -0.1) is 0 Å². The highest BCUT2D eigenvalue weighted by molar-refractivity contribution is 6.15. The number of amides is 3. The van der Waals surface area contributed by atoms with Gasteiger partial charge < -0.3 is 10.6 Å². The molecule has 2 N–H and O–H groups in total. The van der Waals surface area contributed by atoms with Gasteiger partial charge in [0.25, 0.3) is 17.4 Å². The summed E-state index contributed by atoms with van der Waals surface area (Å²) in [5.74, 6) is -1.07. The van der Waals surface area contributed by atoms with Gasteiger partial charge in [0, 0.05) is 16.6 Å². The van der Waals surface area contributed by atoms with E-state index in [2.05, 4.69) is 15.7 Å². The maximum absolute atomic E-state index is 13.2. The third kappa shape index (κ3) is 4.11. The first kappa shape index (κ1) is 23.0. The molecule has 3 amide bonds. The maximum Gasteiger partial charge on any atom is 0.276 e. The lowest BCUT2D eigenvalue weighted by Crippen LogP contribution is -2.42. The van der Waals surface area contributed by atoms with Gasteiger partial charge in [-0.2, -0.15) is 5.10 Å². The molecule has 180 valence electrons. The van der Waals surface area contributed by atoms with E-state index >= 15 is 0 Å². The van der Waals surface area contributed by atoms with Crippen molar-refractivity contribution in [1.29, 1.82) is 0 Å². The van der Waals surface area contributed by atoms with Gasteiger partial charge in [-0.3, -0.25) is 24.1 Å². The Balaban J connectivity index is 1.41. The molecule has 0 radical (unpaired) electrons. The van der Waals surface area contributed by atoms with Crippen LogP contribution in [-0.2, 0) is 4.79 Å². The Kier molecular flexibility index (Phi) is 5.81. The highest BCUT2D eigenvalue weighted by Crippen LogP contribution is 2.30. The highest BCUT2D eigenvalue weighted by Gasteiger charge is 2.27. The third-order valence-electron chi connectivity index (χ3n) is 5.94. The Morgan fingerprint density at radius 1 is 0.917 bits per heavy atom. The SMILES string of the molecule is CC(C)n1nc(C(=O)Nc2ccc(C(=O)N3CC(=O)Nc4ccccc43)cc2)c2ccccc2c1=O. The average Bonchev–Trinajstić information content (AvgIpc) is 2.88. The van der Waals surface area contributed by atoms with E-state index in [1.807, 2.05) is 13.8 Å². The summed E-state index contributed by atoms with van der Waals surface area (Å²) in [5.41, 5.74) is 1.91. The number of hydrogen-bond acceptors (Lipinski definition) is 5. The van der Waals surface area contributed by atoms with Crippen molar-refractivity contribution in [1.82, 2.24) is 9.78 Å². The second-order valence-electron chi connectivity index (χ2n) is 8.73. The van der Waals surface area contributed by atoms with E-state index in [1.54, 1.807) is 72.8 Å². The van der Waals surface area contributed by atoms with Gasteiger partial charge in [0.1, 0.15) is 6.54 Å². The normalized spacial score (nSPS) is 12.9. The lowest BCUT2D eigenvalue weighted by molar-refractivity contribution is -0.115. The highest BCUT2D eigenvalue weighted by atomic mass is 16.2. The smallest absolute Gasteiger partial charge is 0.276 e. The minimum absolute atomic E-state index is 0.0847. The first-order valence-corrected chi connectivity index (χ1v) is 11.5. The molecule has 0 atom stereocenters. The molecule has 0 fully saturated rings. The summed E-state index contributed by atoms with van der Waals surface area (Å²) in [6.45, 7) is 3.56. The van der Waals surface area contributed by atoms with Crippen LogP contribution < -0.4 is 21.1 Å². The summed E-state index contributed by atoms with van der Waals surface area (Å²) in [4.78, 5) is 52.6. The molecule has 0 unspecified atom stereocenters. The van der Waals surface area contributed by atoms with Crippen molar-refractivity contribution >= 4 is 45.6 Å². The third-order valence-corrected chi connectivity index (χ3v) is 5.94. The van der Waals surface area contributed by atoms with Crippen LogP contribution >= 0.6 is 0 Å². The van der Waals surface area contributed by atoms with Crippen LogP contribution in [0.5, 0.6) is 0 Å². The number of anilines is 3. The molecule has 5 rings (SSSR count). The summed E-state index contributed by atoms with van der Waals surface area (Å²) in [5, 5.41) is 10.8. The number of aromatic nitrogens is 2. The number of rotatable bonds is 4. The van der Waals surface area contributed by atoms with Crippen LogP contribution in [-0.4, -0.2) is 34.0 Å². The Hall–Kier alpha value is -4.79. The van der Waals surface area contributed by atoms with Crippen LogP contribution in [0.15, 0.2) is 77.6 Å². The van der Waals surface area contributed by atoms with Crippen LogP contribution in [0.2, 0.25) is 0 Å². The zero-order valence-electron chi connectivity index (χ0n) is 19.7. The molecule has 36 heavy (non-hydrogen) atoms. The summed E-state index contributed by atoms with van der Waals surface area (Å²) in [6, 6.07) is 20.2.